The number of pyridine rings is 1. The molecule has 0 amide bonds. The Hall–Kier alpha value is -3.08. The quantitative estimate of drug-likeness (QED) is 0.498. The number of nitrogens with one attached hydrogen (secondary N) is 3. The molecule has 9 nitrogen and oxygen atoms in total. The zero-order valence-electron chi connectivity index (χ0n) is 16.4. The average Bonchev–Trinajstić information content (AvgIpc) is 2.68. The van der Waals surface area contributed by atoms with Crippen molar-refractivity contribution in [1.82, 2.24) is 20.3 Å². The fraction of sp³-hybridized carbons (Fsp3) is 0.250. The Bertz CT molecular complexity index is 1120. The highest BCUT2D eigenvalue weighted by atomic mass is 32.2. The van der Waals surface area contributed by atoms with Crippen LogP contribution in [0.2, 0.25) is 0 Å². The van der Waals surface area contributed by atoms with Gasteiger partial charge in [0.1, 0.15) is 23.8 Å². The van der Waals surface area contributed by atoms with Gasteiger partial charge in [0.05, 0.1) is 29.8 Å². The number of anilines is 4. The molecule has 0 unspecified atom stereocenters. The Morgan fingerprint density at radius 2 is 1.77 bits per heavy atom. The van der Waals surface area contributed by atoms with Crippen LogP contribution >= 0.6 is 0 Å². The number of benzene rings is 1. The molecule has 3 N–H and O–H groups in total. The van der Waals surface area contributed by atoms with E-state index >= 15 is 0 Å². The van der Waals surface area contributed by atoms with Crippen LogP contribution in [-0.2, 0) is 21.1 Å². The van der Waals surface area contributed by atoms with Gasteiger partial charge in [0.2, 0.25) is 0 Å². The van der Waals surface area contributed by atoms with Gasteiger partial charge in [-0.15, -0.1) is 0 Å². The Morgan fingerprint density at radius 1 is 1.00 bits per heavy atom. The van der Waals surface area contributed by atoms with Gasteiger partial charge in [-0.1, -0.05) is 18.2 Å². The van der Waals surface area contributed by atoms with E-state index in [0.717, 1.165) is 25.3 Å². The van der Waals surface area contributed by atoms with Gasteiger partial charge in [-0.25, -0.2) is 23.4 Å². The molecule has 1 saturated heterocycles. The largest absolute Gasteiger partial charge is 0.378 e. The van der Waals surface area contributed by atoms with Gasteiger partial charge >= 0.3 is 0 Å². The summed E-state index contributed by atoms with van der Waals surface area (Å²) >= 11 is 0. The standard InChI is InChI=1S/C20H22N6O3S/c1-30(27,28)17-5-3-2-4-16(17)25-19-8-20(24-13-23-19)26-18-7-6-14(10-22-18)9-21-15-11-29-12-15/h2-8,10,13,15,21H,9,11-12H2,1H3,(H2,22,23,24,25,26). The molecule has 0 radical (unpaired) electrons. The second kappa shape index (κ2) is 8.74. The molecule has 1 aliphatic heterocycles. The molecule has 2 aromatic heterocycles. The number of hydrogen-bond acceptors (Lipinski definition) is 9. The molecule has 1 fully saturated rings. The Kier molecular flexibility index (Phi) is 5.88. The predicted octanol–water partition coefficient (Wildman–Crippen LogP) is 2.25. The monoisotopic (exact) mass is 426 g/mol. The molecule has 1 aromatic carbocycles. The van der Waals surface area contributed by atoms with Crippen molar-refractivity contribution >= 4 is 33.0 Å². The van der Waals surface area contributed by atoms with Crippen molar-refractivity contribution in [3.05, 3.63) is 60.6 Å². The van der Waals surface area contributed by atoms with E-state index in [2.05, 4.69) is 30.9 Å². The minimum atomic E-state index is -3.37. The van der Waals surface area contributed by atoms with Crippen molar-refractivity contribution in [2.45, 2.75) is 17.5 Å². The van der Waals surface area contributed by atoms with Crippen molar-refractivity contribution in [2.24, 2.45) is 0 Å². The molecule has 0 aliphatic carbocycles. The summed E-state index contributed by atoms with van der Waals surface area (Å²) in [5.41, 5.74) is 1.53. The van der Waals surface area contributed by atoms with Gasteiger partial charge in [0.25, 0.3) is 0 Å². The number of hydrogen-bond donors (Lipinski definition) is 3. The fourth-order valence-electron chi connectivity index (χ4n) is 2.88. The van der Waals surface area contributed by atoms with E-state index in [-0.39, 0.29) is 4.90 Å². The van der Waals surface area contributed by atoms with E-state index in [1.165, 1.54) is 12.6 Å². The SMILES string of the molecule is CS(=O)(=O)c1ccccc1Nc1cc(Nc2ccc(CNC3COC3)cn2)ncn1. The van der Waals surface area contributed by atoms with E-state index in [9.17, 15) is 8.42 Å². The third-order valence-corrected chi connectivity index (χ3v) is 5.69. The number of aromatic nitrogens is 3. The second-order valence-electron chi connectivity index (χ2n) is 6.97. The topological polar surface area (TPSA) is 118 Å². The predicted molar refractivity (Wildman–Crippen MR) is 114 cm³/mol. The summed E-state index contributed by atoms with van der Waals surface area (Å²) < 4.78 is 29.1. The molecule has 10 heteroatoms. The highest BCUT2D eigenvalue weighted by Crippen LogP contribution is 2.25. The van der Waals surface area contributed by atoms with Gasteiger partial charge in [-0.3, -0.25) is 0 Å². The summed E-state index contributed by atoms with van der Waals surface area (Å²) in [7, 11) is -3.37. The smallest absolute Gasteiger partial charge is 0.177 e. The summed E-state index contributed by atoms with van der Waals surface area (Å²) in [4.78, 5) is 13.0. The first-order chi connectivity index (χ1) is 14.5. The van der Waals surface area contributed by atoms with Gasteiger partial charge in [0, 0.05) is 25.1 Å². The molecule has 0 atom stereocenters. The van der Waals surface area contributed by atoms with E-state index < -0.39 is 9.84 Å². The van der Waals surface area contributed by atoms with Crippen LogP contribution in [0.1, 0.15) is 5.56 Å². The lowest BCUT2D eigenvalue weighted by Crippen LogP contribution is -2.45. The number of para-hydroxylation sites is 1. The number of nitrogens with zero attached hydrogens (tertiary/aromatic N) is 3. The van der Waals surface area contributed by atoms with Crippen LogP contribution in [0.4, 0.5) is 23.1 Å². The van der Waals surface area contributed by atoms with E-state index in [0.29, 0.717) is 29.2 Å². The maximum absolute atomic E-state index is 12.0. The third-order valence-electron chi connectivity index (χ3n) is 4.53. The molecule has 0 saturated carbocycles. The Balaban J connectivity index is 1.42. The summed E-state index contributed by atoms with van der Waals surface area (Å²) in [6.45, 7) is 2.25. The fourth-order valence-corrected chi connectivity index (χ4v) is 3.72. The van der Waals surface area contributed by atoms with Crippen LogP contribution < -0.4 is 16.0 Å². The van der Waals surface area contributed by atoms with Crippen molar-refractivity contribution in [3.63, 3.8) is 0 Å². The number of sulfone groups is 1. The molecule has 0 bridgehead atoms. The highest BCUT2D eigenvalue weighted by Gasteiger charge is 2.17. The summed E-state index contributed by atoms with van der Waals surface area (Å²) in [6.07, 6.45) is 4.37. The molecule has 4 rings (SSSR count). The van der Waals surface area contributed by atoms with Crippen LogP contribution in [0, 0.1) is 0 Å². The van der Waals surface area contributed by atoms with Crippen LogP contribution in [-0.4, -0.2) is 48.9 Å². The Labute approximate surface area is 174 Å². The highest BCUT2D eigenvalue weighted by molar-refractivity contribution is 7.90. The zero-order chi connectivity index (χ0) is 21.0. The zero-order valence-corrected chi connectivity index (χ0v) is 17.2. The van der Waals surface area contributed by atoms with E-state index in [4.69, 9.17) is 4.74 Å². The van der Waals surface area contributed by atoms with Gasteiger partial charge in [0.15, 0.2) is 9.84 Å². The summed E-state index contributed by atoms with van der Waals surface area (Å²) in [6, 6.07) is 12.7. The maximum Gasteiger partial charge on any atom is 0.177 e. The average molecular weight is 427 g/mol. The van der Waals surface area contributed by atoms with Crippen LogP contribution in [0.3, 0.4) is 0 Å². The van der Waals surface area contributed by atoms with Gasteiger partial charge in [-0.05, 0) is 23.8 Å². The lowest BCUT2D eigenvalue weighted by Gasteiger charge is -2.26. The first kappa shape index (κ1) is 20.2. The van der Waals surface area contributed by atoms with E-state index in [1.807, 2.05) is 12.1 Å². The molecular formula is C20H22N6O3S. The first-order valence-corrected chi connectivity index (χ1v) is 11.3. The van der Waals surface area contributed by atoms with Gasteiger partial charge in [-0.2, -0.15) is 0 Å². The molecule has 156 valence electrons. The summed E-state index contributed by atoms with van der Waals surface area (Å²) in [5.74, 6) is 1.65. The van der Waals surface area contributed by atoms with Crippen molar-refractivity contribution in [1.29, 1.82) is 0 Å². The first-order valence-electron chi connectivity index (χ1n) is 9.38. The van der Waals surface area contributed by atoms with Gasteiger partial charge < -0.3 is 20.7 Å². The second-order valence-corrected chi connectivity index (χ2v) is 8.96. The Morgan fingerprint density at radius 3 is 2.43 bits per heavy atom. The molecule has 3 aromatic rings. The van der Waals surface area contributed by atoms with Crippen molar-refractivity contribution in [3.8, 4) is 0 Å². The van der Waals surface area contributed by atoms with Crippen molar-refractivity contribution in [2.75, 3.05) is 30.1 Å². The van der Waals surface area contributed by atoms with Crippen molar-refractivity contribution < 1.29 is 13.2 Å². The number of rotatable bonds is 8. The normalized spacial score (nSPS) is 14.2. The maximum atomic E-state index is 12.0. The van der Waals surface area contributed by atoms with E-state index in [1.54, 1.807) is 36.5 Å². The molecule has 1 aliphatic rings. The minimum absolute atomic E-state index is 0.206. The van der Waals surface area contributed by atoms with Crippen LogP contribution in [0.5, 0.6) is 0 Å². The molecule has 0 spiro atoms. The summed E-state index contributed by atoms with van der Waals surface area (Å²) in [5, 5.41) is 9.57. The molecule has 30 heavy (non-hydrogen) atoms. The van der Waals surface area contributed by atoms with Crippen LogP contribution in [0.25, 0.3) is 0 Å². The van der Waals surface area contributed by atoms with Crippen LogP contribution in [0.15, 0.2) is 59.9 Å². The lowest BCUT2D eigenvalue weighted by atomic mass is 10.2. The minimum Gasteiger partial charge on any atom is -0.378 e. The third kappa shape index (κ3) is 5.09. The lowest BCUT2D eigenvalue weighted by molar-refractivity contribution is -0.00579. The molecular weight excluding hydrogens is 404 g/mol. The molecule has 3 heterocycles. The number of ether oxygens (including phenoxy) is 1.